The van der Waals surface area contributed by atoms with E-state index in [0.717, 1.165) is 9.13 Å². The number of hydrogen-bond donors (Lipinski definition) is 1. The number of thiophene rings is 1. The van der Waals surface area contributed by atoms with Gasteiger partial charge < -0.3 is 5.11 Å². The van der Waals surface area contributed by atoms with E-state index in [1.165, 1.54) is 13.8 Å². The topological polar surface area (TPSA) is 90.5 Å². The highest BCUT2D eigenvalue weighted by Gasteiger charge is 2.29. The molecule has 7 nitrogen and oxygen atoms in total. The number of carbonyl (C=O) groups is 1. The van der Waals surface area contributed by atoms with E-state index >= 15 is 0 Å². The van der Waals surface area contributed by atoms with Crippen LogP contribution in [0.5, 0.6) is 0 Å². The van der Waals surface area contributed by atoms with Crippen LogP contribution in [0.1, 0.15) is 22.2 Å². The second-order valence-corrected chi connectivity index (χ2v) is 5.82. The molecule has 11 heteroatoms. The van der Waals surface area contributed by atoms with Crippen LogP contribution in [0.15, 0.2) is 9.59 Å². The fourth-order valence-corrected chi connectivity index (χ4v) is 3.49. The maximum Gasteiger partial charge on any atom is 0.522 e. The Morgan fingerprint density at radius 2 is 1.92 bits per heavy atom. The average Bonchev–Trinajstić information content (AvgIpc) is 2.80. The maximum absolute atomic E-state index is 12.4. The van der Waals surface area contributed by atoms with Crippen molar-refractivity contribution in [2.24, 2.45) is 0 Å². The highest BCUT2D eigenvalue weighted by Crippen LogP contribution is 2.28. The summed E-state index contributed by atoms with van der Waals surface area (Å²) >= 11 is 0.677. The van der Waals surface area contributed by atoms with E-state index < -0.39 is 36.7 Å². The number of alkyl halides is 3. The first-order valence-corrected chi connectivity index (χ1v) is 7.60. The number of aromatic carboxylic acids is 1. The van der Waals surface area contributed by atoms with Crippen molar-refractivity contribution in [3.8, 4) is 0 Å². The van der Waals surface area contributed by atoms with Crippen molar-refractivity contribution in [2.45, 2.75) is 33.3 Å². The van der Waals surface area contributed by atoms with Crippen LogP contribution in [-0.2, 0) is 17.8 Å². The molecule has 0 spiro atoms. The number of aryl methyl sites for hydroxylation is 1. The van der Waals surface area contributed by atoms with Crippen LogP contribution in [0.2, 0.25) is 0 Å². The second kappa shape index (κ2) is 6.40. The van der Waals surface area contributed by atoms with Gasteiger partial charge in [-0.25, -0.2) is 9.59 Å². The number of fused-ring (bicyclic) bond motifs is 1. The number of aromatic nitrogens is 2. The number of nitrogens with zero attached hydrogens (tertiary/aromatic N) is 2. The zero-order chi connectivity index (χ0) is 18.2. The summed E-state index contributed by atoms with van der Waals surface area (Å²) in [6.45, 7) is 1.66. The van der Waals surface area contributed by atoms with Crippen LogP contribution in [-0.4, -0.2) is 33.2 Å². The Hall–Kier alpha value is -2.14. The molecule has 132 valence electrons. The molecule has 0 amide bonds. The van der Waals surface area contributed by atoms with Gasteiger partial charge in [-0.05, 0) is 19.4 Å². The normalized spacial score (nSPS) is 12.0. The van der Waals surface area contributed by atoms with E-state index in [1.54, 1.807) is 0 Å². The molecule has 0 saturated carbocycles. The molecule has 0 aromatic carbocycles. The number of ether oxygens (including phenoxy) is 1. The molecule has 0 atom stereocenters. The van der Waals surface area contributed by atoms with Crippen molar-refractivity contribution >= 4 is 27.5 Å². The summed E-state index contributed by atoms with van der Waals surface area (Å²) in [6.07, 6.45) is -4.85. The van der Waals surface area contributed by atoms with Gasteiger partial charge in [0.1, 0.15) is 9.71 Å². The summed E-state index contributed by atoms with van der Waals surface area (Å²) in [6, 6.07) is 0. The number of carboxylic acid groups (broad SMARTS) is 1. The van der Waals surface area contributed by atoms with Gasteiger partial charge in [-0.2, -0.15) is 0 Å². The molecule has 0 aliphatic rings. The maximum atomic E-state index is 12.4. The second-order valence-electron chi connectivity index (χ2n) is 4.82. The first-order valence-electron chi connectivity index (χ1n) is 6.79. The van der Waals surface area contributed by atoms with Crippen LogP contribution < -0.4 is 11.2 Å². The van der Waals surface area contributed by atoms with Gasteiger partial charge in [-0.3, -0.25) is 18.7 Å². The van der Waals surface area contributed by atoms with Gasteiger partial charge in [-0.15, -0.1) is 24.5 Å². The van der Waals surface area contributed by atoms with E-state index in [9.17, 15) is 27.6 Å². The van der Waals surface area contributed by atoms with Crippen molar-refractivity contribution in [1.82, 2.24) is 9.13 Å². The van der Waals surface area contributed by atoms with Crippen LogP contribution in [0.3, 0.4) is 0 Å². The molecule has 0 unspecified atom stereocenters. The Morgan fingerprint density at radius 3 is 2.42 bits per heavy atom. The average molecular weight is 366 g/mol. The number of hydrogen-bond acceptors (Lipinski definition) is 5. The molecule has 0 fully saturated rings. The lowest BCUT2D eigenvalue weighted by molar-refractivity contribution is -0.325. The number of halogens is 3. The molecule has 0 bridgehead atoms. The molecule has 1 N–H and O–H groups in total. The van der Waals surface area contributed by atoms with E-state index in [0.29, 0.717) is 11.3 Å². The Bertz CT molecular complexity index is 909. The quantitative estimate of drug-likeness (QED) is 0.871. The largest absolute Gasteiger partial charge is 0.522 e. The minimum atomic E-state index is -4.85. The smallest absolute Gasteiger partial charge is 0.477 e. The molecular weight excluding hydrogens is 353 g/mol. The molecule has 0 aliphatic heterocycles. The summed E-state index contributed by atoms with van der Waals surface area (Å²) in [5.74, 6) is -1.28. The summed E-state index contributed by atoms with van der Waals surface area (Å²) in [5, 5.41) is 9.19. The third-order valence-electron chi connectivity index (χ3n) is 3.39. The van der Waals surface area contributed by atoms with Crippen molar-refractivity contribution in [2.75, 3.05) is 6.61 Å². The zero-order valence-corrected chi connectivity index (χ0v) is 13.5. The third-order valence-corrected chi connectivity index (χ3v) is 4.69. The van der Waals surface area contributed by atoms with Crippen molar-refractivity contribution in [3.05, 3.63) is 31.3 Å². The molecule has 2 aromatic rings. The Kier molecular flexibility index (Phi) is 4.85. The lowest BCUT2D eigenvalue weighted by Gasteiger charge is -2.12. The predicted molar refractivity (Wildman–Crippen MR) is 79.7 cm³/mol. The fraction of sp³-hybridized carbons (Fsp3) is 0.462. The van der Waals surface area contributed by atoms with Gasteiger partial charge in [0, 0.05) is 6.54 Å². The number of rotatable bonds is 5. The van der Waals surface area contributed by atoms with Crippen LogP contribution in [0, 0.1) is 6.92 Å². The van der Waals surface area contributed by atoms with Gasteiger partial charge in [0.2, 0.25) is 0 Å². The molecule has 2 rings (SSSR count). The molecule has 24 heavy (non-hydrogen) atoms. The van der Waals surface area contributed by atoms with E-state index in [-0.39, 0.29) is 27.2 Å². The summed E-state index contributed by atoms with van der Waals surface area (Å²) in [7, 11) is 0. The standard InChI is InChI=1S/C13H13F3N2O5S/c1-3-17-9(19)7-6(2)8(11(20)21)24-10(7)18(12(17)22)4-5-23-13(14,15)16/h3-5H2,1-2H3,(H,20,21). The predicted octanol–water partition coefficient (Wildman–Crippen LogP) is 1.79. The van der Waals surface area contributed by atoms with E-state index in [4.69, 9.17) is 5.11 Å². The Morgan fingerprint density at radius 1 is 1.29 bits per heavy atom. The van der Waals surface area contributed by atoms with Gasteiger partial charge in [0.05, 0.1) is 18.5 Å². The SMILES string of the molecule is CCn1c(=O)c2c(C)c(C(=O)O)sc2n(CCOC(F)(F)F)c1=O. The summed E-state index contributed by atoms with van der Waals surface area (Å²) in [5.41, 5.74) is -1.29. The lowest BCUT2D eigenvalue weighted by atomic mass is 10.2. The molecule has 2 aromatic heterocycles. The monoisotopic (exact) mass is 366 g/mol. The molecule has 0 aliphatic carbocycles. The lowest BCUT2D eigenvalue weighted by Crippen LogP contribution is -2.40. The van der Waals surface area contributed by atoms with Crippen molar-refractivity contribution in [1.29, 1.82) is 0 Å². The molecule has 0 saturated heterocycles. The molecule has 0 radical (unpaired) electrons. The third kappa shape index (κ3) is 3.22. The van der Waals surface area contributed by atoms with Crippen LogP contribution in [0.4, 0.5) is 13.2 Å². The van der Waals surface area contributed by atoms with E-state index in [2.05, 4.69) is 4.74 Å². The highest BCUT2D eigenvalue weighted by molar-refractivity contribution is 7.20. The first kappa shape index (κ1) is 18.2. The first-order chi connectivity index (χ1) is 11.1. The van der Waals surface area contributed by atoms with Gasteiger partial charge in [0.15, 0.2) is 0 Å². The van der Waals surface area contributed by atoms with Crippen LogP contribution >= 0.6 is 11.3 Å². The van der Waals surface area contributed by atoms with Gasteiger partial charge in [0.25, 0.3) is 5.56 Å². The zero-order valence-electron chi connectivity index (χ0n) is 12.6. The Balaban J connectivity index is 2.68. The van der Waals surface area contributed by atoms with Crippen molar-refractivity contribution in [3.63, 3.8) is 0 Å². The number of carboxylic acids is 1. The summed E-state index contributed by atoms with van der Waals surface area (Å²) in [4.78, 5) is 35.8. The Labute approximate surface area is 136 Å². The fourth-order valence-electron chi connectivity index (χ4n) is 2.33. The molecular formula is C13H13F3N2O5S. The summed E-state index contributed by atoms with van der Waals surface area (Å²) < 4.78 is 41.8. The van der Waals surface area contributed by atoms with Crippen molar-refractivity contribution < 1.29 is 27.8 Å². The highest BCUT2D eigenvalue weighted by atomic mass is 32.1. The van der Waals surface area contributed by atoms with Crippen LogP contribution in [0.25, 0.3) is 10.2 Å². The van der Waals surface area contributed by atoms with Gasteiger partial charge >= 0.3 is 18.0 Å². The minimum absolute atomic E-state index is 0.00538. The van der Waals surface area contributed by atoms with Gasteiger partial charge in [-0.1, -0.05) is 0 Å². The van der Waals surface area contributed by atoms with E-state index in [1.807, 2.05) is 0 Å². The minimum Gasteiger partial charge on any atom is -0.477 e. The molecule has 2 heterocycles.